The molecule has 4 heteroatoms. The van der Waals surface area contributed by atoms with Crippen LogP contribution in [0.2, 0.25) is 0 Å². The molecule has 1 fully saturated rings. The molecule has 0 spiro atoms. The summed E-state index contributed by atoms with van der Waals surface area (Å²) in [6.45, 7) is 3.96. The maximum Gasteiger partial charge on any atom is 0.122 e. The number of nitrogens with one attached hydrogen (secondary N) is 1. The summed E-state index contributed by atoms with van der Waals surface area (Å²) in [5.41, 5.74) is 0.857. The molecule has 1 N–H and O–H groups in total. The van der Waals surface area contributed by atoms with Crippen molar-refractivity contribution in [2.24, 2.45) is 5.92 Å². The summed E-state index contributed by atoms with van der Waals surface area (Å²) >= 11 is 0. The van der Waals surface area contributed by atoms with Gasteiger partial charge in [0.2, 0.25) is 0 Å². The van der Waals surface area contributed by atoms with E-state index in [0.29, 0.717) is 25.7 Å². The first-order chi connectivity index (χ1) is 7.16. The summed E-state index contributed by atoms with van der Waals surface area (Å²) in [4.78, 5) is 2.05. The monoisotopic (exact) mass is 214 g/mol. The van der Waals surface area contributed by atoms with Crippen molar-refractivity contribution < 1.29 is 9.13 Å². The van der Waals surface area contributed by atoms with Gasteiger partial charge in [-0.25, -0.2) is 4.39 Å². The molecule has 3 unspecified atom stereocenters. The van der Waals surface area contributed by atoms with Crippen LogP contribution in [0, 0.1) is 5.92 Å². The second kappa shape index (κ2) is 4.60. The van der Waals surface area contributed by atoms with Crippen molar-refractivity contribution in [1.29, 1.82) is 0 Å². The maximum absolute atomic E-state index is 13.5. The van der Waals surface area contributed by atoms with Crippen molar-refractivity contribution in [3.8, 4) is 0 Å². The predicted octanol–water partition coefficient (Wildman–Crippen LogP) is 1.13. The van der Waals surface area contributed by atoms with E-state index in [9.17, 15) is 4.39 Å². The molecule has 0 radical (unpaired) electrons. The average molecular weight is 214 g/mol. The Kier molecular flexibility index (Phi) is 3.38. The van der Waals surface area contributed by atoms with E-state index >= 15 is 0 Å². The number of nitrogens with zero attached hydrogens (tertiary/aromatic N) is 1. The van der Waals surface area contributed by atoms with Gasteiger partial charge >= 0.3 is 0 Å². The van der Waals surface area contributed by atoms with Crippen molar-refractivity contribution in [2.45, 2.75) is 25.6 Å². The highest BCUT2D eigenvalue weighted by Crippen LogP contribution is 2.26. The molecule has 2 aliphatic rings. The van der Waals surface area contributed by atoms with Gasteiger partial charge in [-0.15, -0.1) is 0 Å². The molecule has 3 atom stereocenters. The van der Waals surface area contributed by atoms with Crippen LogP contribution in [0.15, 0.2) is 11.6 Å². The van der Waals surface area contributed by atoms with Gasteiger partial charge in [0.1, 0.15) is 6.17 Å². The molecule has 1 aliphatic heterocycles. The molecule has 0 aromatic rings. The van der Waals surface area contributed by atoms with Gasteiger partial charge in [-0.2, -0.15) is 0 Å². The van der Waals surface area contributed by atoms with Crippen LogP contribution in [-0.2, 0) is 4.74 Å². The lowest BCUT2D eigenvalue weighted by Crippen LogP contribution is -2.49. The normalized spacial score (nSPS) is 38.9. The first kappa shape index (κ1) is 11.0. The van der Waals surface area contributed by atoms with Crippen LogP contribution in [-0.4, -0.2) is 44.2 Å². The Labute approximate surface area is 90.3 Å². The zero-order valence-electron chi connectivity index (χ0n) is 9.37. The molecule has 86 valence electrons. The van der Waals surface area contributed by atoms with Gasteiger partial charge in [-0.3, -0.25) is 4.90 Å². The largest absolute Gasteiger partial charge is 0.365 e. The summed E-state index contributed by atoms with van der Waals surface area (Å²) in [6.07, 6.45) is 1.81. The summed E-state index contributed by atoms with van der Waals surface area (Å²) in [6, 6.07) is 0.214. The van der Waals surface area contributed by atoms with Crippen molar-refractivity contribution in [3.05, 3.63) is 11.6 Å². The fourth-order valence-electron chi connectivity index (χ4n) is 2.20. The molecule has 1 heterocycles. The molecule has 0 saturated carbocycles. The van der Waals surface area contributed by atoms with Crippen LogP contribution in [0.5, 0.6) is 0 Å². The number of alkyl halides is 1. The van der Waals surface area contributed by atoms with E-state index in [0.717, 1.165) is 12.2 Å². The van der Waals surface area contributed by atoms with Crippen molar-refractivity contribution in [1.82, 2.24) is 10.2 Å². The molecule has 1 saturated heterocycles. The Bertz CT molecular complexity index is 257. The quantitative estimate of drug-likeness (QED) is 0.612. The van der Waals surface area contributed by atoms with Crippen molar-refractivity contribution >= 4 is 0 Å². The number of halogens is 1. The van der Waals surface area contributed by atoms with Crippen molar-refractivity contribution in [3.63, 3.8) is 0 Å². The minimum absolute atomic E-state index is 0.214. The van der Waals surface area contributed by atoms with E-state index in [2.05, 4.69) is 10.2 Å². The number of fused-ring (bicyclic) bond motifs is 1. The van der Waals surface area contributed by atoms with Crippen LogP contribution < -0.4 is 5.32 Å². The van der Waals surface area contributed by atoms with Crippen LogP contribution >= 0.6 is 0 Å². The highest BCUT2D eigenvalue weighted by Gasteiger charge is 2.30. The Morgan fingerprint density at radius 2 is 2.40 bits per heavy atom. The number of ether oxygens (including phenoxy) is 1. The first-order valence-corrected chi connectivity index (χ1v) is 5.49. The molecule has 1 aliphatic carbocycles. The molecule has 0 amide bonds. The number of hydrogen-bond acceptors (Lipinski definition) is 3. The van der Waals surface area contributed by atoms with Gasteiger partial charge < -0.3 is 10.1 Å². The standard InChI is InChI=1S/C11H19FN2O/c1-8-3-9-5-15-7-14(2)6-13-11(9)4-10(8)12/h3,9-11,13H,4-7H2,1-2H3. The number of allylic oxidation sites excluding steroid dienone is 1. The third-order valence-corrected chi connectivity index (χ3v) is 3.19. The Morgan fingerprint density at radius 3 is 3.20 bits per heavy atom. The first-order valence-electron chi connectivity index (χ1n) is 5.49. The lowest BCUT2D eigenvalue weighted by Gasteiger charge is -2.36. The van der Waals surface area contributed by atoms with E-state index in [4.69, 9.17) is 4.74 Å². The zero-order chi connectivity index (χ0) is 10.8. The molecule has 0 aromatic heterocycles. The summed E-state index contributed by atoms with van der Waals surface area (Å²) in [7, 11) is 1.99. The Balaban J connectivity index is 2.05. The summed E-state index contributed by atoms with van der Waals surface area (Å²) in [5.74, 6) is 0.325. The Morgan fingerprint density at radius 1 is 1.60 bits per heavy atom. The average Bonchev–Trinajstić information content (AvgIpc) is 2.18. The second-order valence-corrected chi connectivity index (χ2v) is 4.60. The molecule has 3 nitrogen and oxygen atoms in total. The van der Waals surface area contributed by atoms with E-state index in [-0.39, 0.29) is 6.04 Å². The predicted molar refractivity (Wildman–Crippen MR) is 57.1 cm³/mol. The fourth-order valence-corrected chi connectivity index (χ4v) is 2.20. The van der Waals surface area contributed by atoms with Gasteiger partial charge in [0, 0.05) is 12.0 Å². The fraction of sp³-hybridized carbons (Fsp3) is 0.818. The van der Waals surface area contributed by atoms with Gasteiger partial charge in [0.15, 0.2) is 0 Å². The van der Waals surface area contributed by atoms with E-state index in [1.165, 1.54) is 0 Å². The van der Waals surface area contributed by atoms with Gasteiger partial charge in [0.05, 0.1) is 20.0 Å². The summed E-state index contributed by atoms with van der Waals surface area (Å²) in [5, 5.41) is 3.39. The second-order valence-electron chi connectivity index (χ2n) is 4.60. The molecule has 0 aromatic carbocycles. The van der Waals surface area contributed by atoms with E-state index < -0.39 is 6.17 Å². The minimum Gasteiger partial charge on any atom is -0.365 e. The number of rotatable bonds is 0. The van der Waals surface area contributed by atoms with Crippen LogP contribution in [0.4, 0.5) is 4.39 Å². The zero-order valence-corrected chi connectivity index (χ0v) is 9.37. The van der Waals surface area contributed by atoms with Gasteiger partial charge in [-0.1, -0.05) is 6.08 Å². The lowest BCUT2D eigenvalue weighted by atomic mass is 9.85. The van der Waals surface area contributed by atoms with Crippen LogP contribution in [0.25, 0.3) is 0 Å². The van der Waals surface area contributed by atoms with E-state index in [1.54, 1.807) is 0 Å². The topological polar surface area (TPSA) is 24.5 Å². The van der Waals surface area contributed by atoms with Gasteiger partial charge in [0.25, 0.3) is 0 Å². The Hall–Kier alpha value is -0.450. The lowest BCUT2D eigenvalue weighted by molar-refractivity contribution is -0.00468. The summed E-state index contributed by atoms with van der Waals surface area (Å²) < 4.78 is 19.1. The number of hydrogen-bond donors (Lipinski definition) is 1. The maximum atomic E-state index is 13.5. The van der Waals surface area contributed by atoms with Crippen LogP contribution in [0.3, 0.4) is 0 Å². The molecular formula is C11H19FN2O. The SMILES string of the molecule is CC1=CC2COCN(C)CNC2CC1F. The highest BCUT2D eigenvalue weighted by molar-refractivity contribution is 5.14. The third-order valence-electron chi connectivity index (χ3n) is 3.19. The van der Waals surface area contributed by atoms with E-state index in [1.807, 2.05) is 20.0 Å². The molecule has 15 heavy (non-hydrogen) atoms. The molecular weight excluding hydrogens is 195 g/mol. The third kappa shape index (κ3) is 2.56. The highest BCUT2D eigenvalue weighted by atomic mass is 19.1. The van der Waals surface area contributed by atoms with Crippen LogP contribution in [0.1, 0.15) is 13.3 Å². The van der Waals surface area contributed by atoms with Gasteiger partial charge in [-0.05, 0) is 26.0 Å². The smallest absolute Gasteiger partial charge is 0.122 e. The molecule has 0 bridgehead atoms. The minimum atomic E-state index is -0.788. The molecule has 2 rings (SSSR count). The van der Waals surface area contributed by atoms with Crippen molar-refractivity contribution in [2.75, 3.05) is 27.1 Å².